The second-order valence-electron chi connectivity index (χ2n) is 10.7. The van der Waals surface area contributed by atoms with E-state index in [1.165, 1.54) is 4.57 Å². The summed E-state index contributed by atoms with van der Waals surface area (Å²) in [5.74, 6) is -0.622. The summed E-state index contributed by atoms with van der Waals surface area (Å²) in [6.07, 6.45) is 4.87. The Balaban J connectivity index is 1.51. The largest absolute Gasteiger partial charge is 0.370 e. The van der Waals surface area contributed by atoms with Gasteiger partial charge >= 0.3 is 5.69 Å². The van der Waals surface area contributed by atoms with Crippen LogP contribution in [-0.2, 0) is 6.42 Å². The average Bonchev–Trinajstić information content (AvgIpc) is 3.36. The maximum absolute atomic E-state index is 15.1. The van der Waals surface area contributed by atoms with Gasteiger partial charge in [-0.25, -0.2) is 9.18 Å². The number of halogens is 2. The molecule has 0 aliphatic heterocycles. The van der Waals surface area contributed by atoms with Gasteiger partial charge in [-0.1, -0.05) is 23.7 Å². The standard InChI is InChI=1S/C30H39ClFN9O/c1-17(34)4-3-5-19-12-24(27(32)25(31)13-19)26-14-21-16-41(30(42)40-28(21)39-26)23-8-6-20(7-9-23)18(2)37-11-10-22(15-33)38-29(35)36/h6-9,12-14,16-18,22,37H,3-5,10-11,15,33-34H2,1-2H3,(H4,35,36,38)(H,39,40,42)/t17-,18-,22-/m0/s1. The monoisotopic (exact) mass is 595 g/mol. The molecule has 0 unspecified atom stereocenters. The fourth-order valence-corrected chi connectivity index (χ4v) is 5.16. The molecule has 2 aromatic carbocycles. The van der Waals surface area contributed by atoms with Gasteiger partial charge in [-0.3, -0.25) is 9.98 Å². The van der Waals surface area contributed by atoms with E-state index < -0.39 is 11.5 Å². The smallest absolute Gasteiger partial charge is 0.354 e. The lowest BCUT2D eigenvalue weighted by molar-refractivity contribution is 0.495. The van der Waals surface area contributed by atoms with Gasteiger partial charge in [0.1, 0.15) is 5.65 Å². The first-order valence-electron chi connectivity index (χ1n) is 14.1. The van der Waals surface area contributed by atoms with Crippen LogP contribution in [0.4, 0.5) is 4.39 Å². The van der Waals surface area contributed by atoms with Crippen molar-refractivity contribution >= 4 is 28.6 Å². The third-order valence-corrected chi connectivity index (χ3v) is 7.54. The molecule has 12 heteroatoms. The maximum atomic E-state index is 15.1. The summed E-state index contributed by atoms with van der Waals surface area (Å²) in [4.78, 5) is 20.2. The van der Waals surface area contributed by atoms with Crippen LogP contribution in [-0.4, -0.2) is 45.7 Å². The predicted octanol–water partition coefficient (Wildman–Crippen LogP) is 3.69. The molecule has 0 fully saturated rings. The highest BCUT2D eigenvalue weighted by atomic mass is 35.5. The number of nitrogens with one attached hydrogen (secondary N) is 4. The van der Waals surface area contributed by atoms with E-state index in [9.17, 15) is 4.79 Å². The molecule has 224 valence electrons. The molecule has 10 nitrogen and oxygen atoms in total. The Morgan fingerprint density at radius 3 is 2.60 bits per heavy atom. The van der Waals surface area contributed by atoms with E-state index >= 15 is 4.39 Å². The van der Waals surface area contributed by atoms with Crippen LogP contribution in [0.2, 0.25) is 5.02 Å². The Bertz CT molecular complexity index is 1580. The highest BCUT2D eigenvalue weighted by molar-refractivity contribution is 6.31. The number of hydrogen-bond acceptors (Lipinski definition) is 6. The van der Waals surface area contributed by atoms with Crippen molar-refractivity contribution in [2.75, 3.05) is 13.1 Å². The molecular weight excluding hydrogens is 557 g/mol. The number of nitrogens with two attached hydrogens (primary N) is 3. The van der Waals surface area contributed by atoms with E-state index in [0.717, 1.165) is 30.4 Å². The van der Waals surface area contributed by atoms with Crippen LogP contribution in [0.1, 0.15) is 50.3 Å². The Kier molecular flexibility index (Phi) is 10.3. The highest BCUT2D eigenvalue weighted by Crippen LogP contribution is 2.31. The molecule has 0 saturated heterocycles. The van der Waals surface area contributed by atoms with Gasteiger partial charge in [-0.15, -0.1) is 0 Å². The summed E-state index contributed by atoms with van der Waals surface area (Å²) >= 11 is 6.23. The molecule has 0 spiro atoms. The second kappa shape index (κ2) is 13.9. The number of rotatable bonds is 13. The second-order valence-corrected chi connectivity index (χ2v) is 11.1. The van der Waals surface area contributed by atoms with Crippen molar-refractivity contribution in [2.24, 2.45) is 17.2 Å². The molecular formula is C30H39ClFN9O. The van der Waals surface area contributed by atoms with Crippen molar-refractivity contribution in [1.82, 2.24) is 25.2 Å². The number of aromatic nitrogens is 3. The Morgan fingerprint density at radius 1 is 1.19 bits per heavy atom. The first kappa shape index (κ1) is 31.2. The molecule has 0 radical (unpaired) electrons. The lowest BCUT2D eigenvalue weighted by Crippen LogP contribution is -2.44. The van der Waals surface area contributed by atoms with Crippen molar-refractivity contribution in [2.45, 2.75) is 57.7 Å². The third kappa shape index (κ3) is 7.74. The van der Waals surface area contributed by atoms with Crippen LogP contribution >= 0.6 is 11.6 Å². The fourth-order valence-electron chi connectivity index (χ4n) is 4.92. The van der Waals surface area contributed by atoms with Gasteiger partial charge in [0.15, 0.2) is 11.8 Å². The lowest BCUT2D eigenvalue weighted by atomic mass is 10.0. The molecule has 0 amide bonds. The Morgan fingerprint density at radius 2 is 1.93 bits per heavy atom. The quantitative estimate of drug-likeness (QED) is 0.0910. The fraction of sp³-hybridized carbons (Fsp3) is 0.367. The van der Waals surface area contributed by atoms with E-state index in [0.29, 0.717) is 47.5 Å². The van der Waals surface area contributed by atoms with Gasteiger partial charge in [0.05, 0.1) is 16.4 Å². The number of guanidine groups is 1. The van der Waals surface area contributed by atoms with E-state index in [-0.39, 0.29) is 29.1 Å². The van der Waals surface area contributed by atoms with Crippen LogP contribution in [0.5, 0.6) is 0 Å². The van der Waals surface area contributed by atoms with Crippen molar-refractivity contribution in [3.63, 3.8) is 0 Å². The number of aryl methyl sites for hydroxylation is 1. The van der Waals surface area contributed by atoms with E-state index in [4.69, 9.17) is 34.2 Å². The van der Waals surface area contributed by atoms with Crippen molar-refractivity contribution in [3.8, 4) is 16.9 Å². The number of aromatic amines is 1. The van der Waals surface area contributed by atoms with Gasteiger partial charge < -0.3 is 32.8 Å². The van der Waals surface area contributed by atoms with Crippen LogP contribution < -0.4 is 33.5 Å². The number of nitrogens with zero attached hydrogens (tertiary/aromatic N) is 2. The minimum absolute atomic E-state index is 0.0465. The van der Waals surface area contributed by atoms with Crippen molar-refractivity contribution in [3.05, 3.63) is 81.1 Å². The molecule has 2 aromatic heterocycles. The van der Waals surface area contributed by atoms with Crippen LogP contribution in [0.25, 0.3) is 28.0 Å². The Labute approximate surface area is 249 Å². The molecule has 0 bridgehead atoms. The first-order chi connectivity index (χ1) is 20.0. The van der Waals surface area contributed by atoms with Crippen LogP contribution in [0, 0.1) is 11.2 Å². The number of hydrogen-bond donors (Lipinski definition) is 7. The first-order valence-corrected chi connectivity index (χ1v) is 14.4. The normalized spacial score (nSPS) is 13.7. The average molecular weight is 596 g/mol. The summed E-state index contributed by atoms with van der Waals surface area (Å²) in [5, 5.41) is 14.4. The topological polar surface area (TPSA) is 177 Å². The zero-order valence-electron chi connectivity index (χ0n) is 23.9. The van der Waals surface area contributed by atoms with Gasteiger partial charge in [-0.05, 0) is 87.5 Å². The number of fused-ring (bicyclic) bond motifs is 1. The van der Waals surface area contributed by atoms with Gasteiger partial charge in [0, 0.05) is 41.8 Å². The number of benzene rings is 2. The minimum atomic E-state index is -0.527. The molecule has 0 saturated carbocycles. The summed E-state index contributed by atoms with van der Waals surface area (Å²) in [6, 6.07) is 12.9. The predicted molar refractivity (Wildman–Crippen MR) is 168 cm³/mol. The summed E-state index contributed by atoms with van der Waals surface area (Å²) in [5.41, 5.74) is 20.4. The summed E-state index contributed by atoms with van der Waals surface area (Å²) in [7, 11) is 0. The van der Waals surface area contributed by atoms with E-state index in [2.05, 4.69) is 20.6 Å². The Hall–Kier alpha value is -3.77. The zero-order chi connectivity index (χ0) is 30.4. The lowest BCUT2D eigenvalue weighted by Gasteiger charge is -2.19. The van der Waals surface area contributed by atoms with Gasteiger partial charge in [0.25, 0.3) is 0 Å². The summed E-state index contributed by atoms with van der Waals surface area (Å²) < 4.78 is 16.5. The molecule has 0 aliphatic carbocycles. The van der Waals surface area contributed by atoms with Crippen LogP contribution in [0.15, 0.2) is 53.5 Å². The van der Waals surface area contributed by atoms with Crippen LogP contribution in [0.3, 0.4) is 0 Å². The molecule has 10 N–H and O–H groups in total. The minimum Gasteiger partial charge on any atom is -0.370 e. The third-order valence-electron chi connectivity index (χ3n) is 7.27. The summed E-state index contributed by atoms with van der Waals surface area (Å²) in [6.45, 7) is 5.07. The molecule has 4 aromatic rings. The van der Waals surface area contributed by atoms with Crippen molar-refractivity contribution in [1.29, 1.82) is 5.41 Å². The van der Waals surface area contributed by atoms with Gasteiger partial charge in [-0.2, -0.15) is 4.98 Å². The highest BCUT2D eigenvalue weighted by Gasteiger charge is 2.16. The molecule has 0 aliphatic rings. The molecule has 42 heavy (non-hydrogen) atoms. The van der Waals surface area contributed by atoms with Crippen molar-refractivity contribution < 1.29 is 4.39 Å². The SMILES string of the molecule is C[C@H](N)CCCc1cc(Cl)c(F)c(-c2cc3cn(-c4ccc([C@H](C)NCC[C@@H](CN)NC(=N)N)cc4)c(=O)nc3[nH]2)c1. The van der Waals surface area contributed by atoms with Gasteiger partial charge in [0.2, 0.25) is 0 Å². The molecule has 2 heterocycles. The molecule has 4 rings (SSSR count). The number of H-pyrrole nitrogens is 1. The zero-order valence-corrected chi connectivity index (χ0v) is 24.6. The van der Waals surface area contributed by atoms with E-state index in [1.807, 2.05) is 38.1 Å². The molecule has 3 atom stereocenters. The van der Waals surface area contributed by atoms with E-state index in [1.54, 1.807) is 24.4 Å². The maximum Gasteiger partial charge on any atom is 0.354 e.